The fraction of sp³-hybridized carbons (Fsp3) is 0.455. The maximum Gasteiger partial charge on any atom is 0.0372 e. The van der Waals surface area contributed by atoms with Gasteiger partial charge in [0.05, 0.1) is 0 Å². The third kappa shape index (κ3) is 3.31. The second-order valence-corrected chi connectivity index (χ2v) is 3.77. The van der Waals surface area contributed by atoms with E-state index in [1.54, 1.807) is 0 Å². The summed E-state index contributed by atoms with van der Waals surface area (Å²) in [6.07, 6.45) is 1.11. The van der Waals surface area contributed by atoms with Gasteiger partial charge in [0.2, 0.25) is 0 Å². The van der Waals surface area contributed by atoms with Gasteiger partial charge in [0, 0.05) is 12.2 Å². The lowest BCUT2D eigenvalue weighted by Crippen LogP contribution is -2.03. The number of thiol groups is 1. The molecule has 13 heavy (non-hydrogen) atoms. The number of hydrogen-bond acceptors (Lipinski definition) is 2. The van der Waals surface area contributed by atoms with E-state index < -0.39 is 0 Å². The van der Waals surface area contributed by atoms with Gasteiger partial charge >= 0.3 is 0 Å². The number of benzene rings is 1. The van der Waals surface area contributed by atoms with Crippen LogP contribution in [0.2, 0.25) is 0 Å². The summed E-state index contributed by atoms with van der Waals surface area (Å²) in [5.41, 5.74) is 3.87. The van der Waals surface area contributed by atoms with Gasteiger partial charge in [-0.25, -0.2) is 0 Å². The van der Waals surface area contributed by atoms with Crippen LogP contribution in [0.5, 0.6) is 0 Å². The molecule has 1 N–H and O–H groups in total. The van der Waals surface area contributed by atoms with Crippen molar-refractivity contribution in [3.63, 3.8) is 0 Å². The highest BCUT2D eigenvalue weighted by molar-refractivity contribution is 7.80. The Balaban J connectivity index is 2.59. The molecular weight excluding hydrogens is 178 g/mol. The smallest absolute Gasteiger partial charge is 0.0372 e. The fourth-order valence-electron chi connectivity index (χ4n) is 1.23. The van der Waals surface area contributed by atoms with E-state index in [9.17, 15) is 0 Å². The van der Waals surface area contributed by atoms with Gasteiger partial charge in [-0.1, -0.05) is 12.1 Å². The average molecular weight is 195 g/mol. The number of anilines is 1. The number of nitrogens with one attached hydrogen (secondary N) is 1. The molecule has 0 fully saturated rings. The van der Waals surface area contributed by atoms with Gasteiger partial charge in [0.25, 0.3) is 0 Å². The largest absolute Gasteiger partial charge is 0.385 e. The maximum absolute atomic E-state index is 4.17. The molecule has 0 spiro atoms. The molecule has 0 aliphatic heterocycles. The van der Waals surface area contributed by atoms with Crippen LogP contribution in [0.3, 0.4) is 0 Å². The molecule has 0 unspecified atom stereocenters. The van der Waals surface area contributed by atoms with Crippen molar-refractivity contribution in [3.8, 4) is 0 Å². The summed E-state index contributed by atoms with van der Waals surface area (Å²) in [6, 6.07) is 6.48. The van der Waals surface area contributed by atoms with Gasteiger partial charge in [-0.2, -0.15) is 12.6 Å². The lowest BCUT2D eigenvalue weighted by molar-refractivity contribution is 0.992. The Bertz CT molecular complexity index is 271. The third-order valence-electron chi connectivity index (χ3n) is 2.04. The SMILES string of the molecule is Cc1ccc(C)c(NCCCS)c1. The van der Waals surface area contributed by atoms with Crippen LogP contribution in [0.1, 0.15) is 17.5 Å². The van der Waals surface area contributed by atoms with Crippen molar-refractivity contribution in [1.29, 1.82) is 0 Å². The molecular formula is C11H17NS. The first-order valence-corrected chi connectivity index (χ1v) is 5.29. The molecule has 0 amide bonds. The topological polar surface area (TPSA) is 12.0 Å². The second kappa shape index (κ2) is 5.18. The third-order valence-corrected chi connectivity index (χ3v) is 2.36. The summed E-state index contributed by atoms with van der Waals surface area (Å²) in [5.74, 6) is 0.942. The van der Waals surface area contributed by atoms with E-state index in [-0.39, 0.29) is 0 Å². The van der Waals surface area contributed by atoms with Gasteiger partial charge in [-0.15, -0.1) is 0 Å². The van der Waals surface area contributed by atoms with Crippen LogP contribution in [0.15, 0.2) is 18.2 Å². The predicted octanol–water partition coefficient (Wildman–Crippen LogP) is 3.04. The van der Waals surface area contributed by atoms with E-state index >= 15 is 0 Å². The van der Waals surface area contributed by atoms with Crippen molar-refractivity contribution < 1.29 is 0 Å². The Hall–Kier alpha value is -0.630. The molecule has 0 aromatic heterocycles. The van der Waals surface area contributed by atoms with Gasteiger partial charge in [-0.05, 0) is 43.2 Å². The molecule has 0 heterocycles. The molecule has 0 bridgehead atoms. The highest BCUT2D eigenvalue weighted by Crippen LogP contribution is 2.15. The quantitative estimate of drug-likeness (QED) is 0.556. The van der Waals surface area contributed by atoms with E-state index in [0.717, 1.165) is 18.7 Å². The second-order valence-electron chi connectivity index (χ2n) is 3.32. The maximum atomic E-state index is 4.17. The summed E-state index contributed by atoms with van der Waals surface area (Å²) >= 11 is 4.17. The van der Waals surface area contributed by atoms with E-state index in [2.05, 4.69) is 50.0 Å². The average Bonchev–Trinajstić information content (AvgIpc) is 2.11. The molecule has 1 rings (SSSR count). The molecule has 0 saturated heterocycles. The van der Waals surface area contributed by atoms with Crippen LogP contribution in [0, 0.1) is 13.8 Å². The van der Waals surface area contributed by atoms with E-state index in [1.165, 1.54) is 16.8 Å². The van der Waals surface area contributed by atoms with Crippen molar-refractivity contribution in [3.05, 3.63) is 29.3 Å². The van der Waals surface area contributed by atoms with Crippen molar-refractivity contribution in [2.45, 2.75) is 20.3 Å². The van der Waals surface area contributed by atoms with Crippen LogP contribution in [0.25, 0.3) is 0 Å². The van der Waals surface area contributed by atoms with Gasteiger partial charge < -0.3 is 5.32 Å². The standard InChI is InChI=1S/C11H17NS/c1-9-4-5-10(2)11(8-9)12-6-3-7-13/h4-5,8,12-13H,3,6-7H2,1-2H3. The molecule has 1 aromatic rings. The van der Waals surface area contributed by atoms with Crippen LogP contribution in [0.4, 0.5) is 5.69 Å². The van der Waals surface area contributed by atoms with E-state index in [0.29, 0.717) is 0 Å². The lowest BCUT2D eigenvalue weighted by atomic mass is 10.1. The Morgan fingerprint density at radius 3 is 2.77 bits per heavy atom. The summed E-state index contributed by atoms with van der Waals surface area (Å²) in [7, 11) is 0. The van der Waals surface area contributed by atoms with Gasteiger partial charge in [-0.3, -0.25) is 0 Å². The fourth-order valence-corrected chi connectivity index (χ4v) is 1.39. The summed E-state index contributed by atoms with van der Waals surface area (Å²) in [4.78, 5) is 0. The monoisotopic (exact) mass is 195 g/mol. The first-order chi connectivity index (χ1) is 6.24. The summed E-state index contributed by atoms with van der Waals surface area (Å²) in [5, 5.41) is 3.41. The summed E-state index contributed by atoms with van der Waals surface area (Å²) in [6.45, 7) is 5.25. The zero-order chi connectivity index (χ0) is 9.68. The zero-order valence-corrected chi connectivity index (χ0v) is 9.20. The molecule has 0 aliphatic carbocycles. The normalized spacial score (nSPS) is 10.1. The number of aryl methyl sites for hydroxylation is 2. The van der Waals surface area contributed by atoms with Crippen molar-refractivity contribution in [2.75, 3.05) is 17.6 Å². The molecule has 2 heteroatoms. The molecule has 0 saturated carbocycles. The minimum absolute atomic E-state index is 0.942. The van der Waals surface area contributed by atoms with E-state index in [1.807, 2.05) is 0 Å². The Morgan fingerprint density at radius 1 is 1.31 bits per heavy atom. The molecule has 0 aliphatic rings. The predicted molar refractivity (Wildman–Crippen MR) is 62.9 cm³/mol. The number of hydrogen-bond donors (Lipinski definition) is 2. The molecule has 0 radical (unpaired) electrons. The molecule has 1 aromatic carbocycles. The minimum Gasteiger partial charge on any atom is -0.385 e. The van der Waals surface area contributed by atoms with Crippen LogP contribution < -0.4 is 5.32 Å². The van der Waals surface area contributed by atoms with E-state index in [4.69, 9.17) is 0 Å². The van der Waals surface area contributed by atoms with Crippen LogP contribution in [-0.2, 0) is 0 Å². The molecule has 0 atom stereocenters. The Labute approximate surface area is 86.0 Å². The Morgan fingerprint density at radius 2 is 2.08 bits per heavy atom. The summed E-state index contributed by atoms with van der Waals surface area (Å²) < 4.78 is 0. The highest BCUT2D eigenvalue weighted by atomic mass is 32.1. The lowest BCUT2D eigenvalue weighted by Gasteiger charge is -2.09. The minimum atomic E-state index is 0.942. The van der Waals surface area contributed by atoms with Crippen LogP contribution in [-0.4, -0.2) is 12.3 Å². The zero-order valence-electron chi connectivity index (χ0n) is 8.30. The van der Waals surface area contributed by atoms with Crippen molar-refractivity contribution >= 4 is 18.3 Å². The number of rotatable bonds is 4. The van der Waals surface area contributed by atoms with Gasteiger partial charge in [0.1, 0.15) is 0 Å². The van der Waals surface area contributed by atoms with Crippen LogP contribution >= 0.6 is 12.6 Å². The molecule has 1 nitrogen and oxygen atoms in total. The Kier molecular flexibility index (Phi) is 4.16. The van der Waals surface area contributed by atoms with Gasteiger partial charge in [0.15, 0.2) is 0 Å². The highest BCUT2D eigenvalue weighted by Gasteiger charge is 1.96. The first-order valence-electron chi connectivity index (χ1n) is 4.66. The van der Waals surface area contributed by atoms with Crippen molar-refractivity contribution in [2.24, 2.45) is 0 Å². The first kappa shape index (κ1) is 10.5. The van der Waals surface area contributed by atoms with Crippen molar-refractivity contribution in [1.82, 2.24) is 0 Å². The molecule has 72 valence electrons.